The molecule has 2 N–H and O–H groups in total. The van der Waals surface area contributed by atoms with E-state index in [4.69, 9.17) is 0 Å². The van der Waals surface area contributed by atoms with Gasteiger partial charge >= 0.3 is 0 Å². The summed E-state index contributed by atoms with van der Waals surface area (Å²) in [6.07, 6.45) is 7.17. The summed E-state index contributed by atoms with van der Waals surface area (Å²) in [6, 6.07) is 0.592. The van der Waals surface area contributed by atoms with Gasteiger partial charge in [-0.1, -0.05) is 0 Å². The second-order valence-corrected chi connectivity index (χ2v) is 6.67. The SMILES string of the molecule is O=C(c1n[nH]c(C2CC2)n1)N1CCCC(C2CCCN2)C1. The van der Waals surface area contributed by atoms with Gasteiger partial charge in [0.15, 0.2) is 0 Å². The fourth-order valence-corrected chi connectivity index (χ4v) is 3.69. The van der Waals surface area contributed by atoms with Gasteiger partial charge in [0.25, 0.3) is 5.91 Å². The molecule has 2 unspecified atom stereocenters. The number of H-pyrrole nitrogens is 1. The van der Waals surface area contributed by atoms with Gasteiger partial charge in [0.1, 0.15) is 5.82 Å². The van der Waals surface area contributed by atoms with Crippen molar-refractivity contribution in [2.24, 2.45) is 5.92 Å². The second kappa shape index (κ2) is 5.40. The Hall–Kier alpha value is -1.43. The molecule has 0 spiro atoms. The zero-order valence-electron chi connectivity index (χ0n) is 12.3. The first kappa shape index (κ1) is 13.2. The average molecular weight is 289 g/mol. The van der Waals surface area contributed by atoms with E-state index in [1.54, 1.807) is 0 Å². The average Bonchev–Trinajstić information content (AvgIpc) is 3.05. The lowest BCUT2D eigenvalue weighted by atomic mass is 9.90. The molecule has 1 amide bonds. The fraction of sp³-hybridized carbons (Fsp3) is 0.800. The lowest BCUT2D eigenvalue weighted by Gasteiger charge is -2.35. The van der Waals surface area contributed by atoms with Gasteiger partial charge in [0, 0.05) is 25.0 Å². The number of rotatable bonds is 3. The first-order valence-electron chi connectivity index (χ1n) is 8.26. The van der Waals surface area contributed by atoms with Crippen LogP contribution in [0.25, 0.3) is 0 Å². The standard InChI is InChI=1S/C15H23N5O/c21-15(14-17-13(18-19-14)10-5-6-10)20-8-2-3-11(9-20)12-4-1-7-16-12/h10-12,16H,1-9H2,(H,17,18,19). The van der Waals surface area contributed by atoms with Crippen LogP contribution in [0.15, 0.2) is 0 Å². The number of piperidine rings is 1. The van der Waals surface area contributed by atoms with E-state index in [0.717, 1.165) is 31.9 Å². The molecule has 114 valence electrons. The van der Waals surface area contributed by atoms with Crippen molar-refractivity contribution in [1.82, 2.24) is 25.4 Å². The van der Waals surface area contributed by atoms with Crippen LogP contribution in [0.4, 0.5) is 0 Å². The van der Waals surface area contributed by atoms with Crippen LogP contribution >= 0.6 is 0 Å². The number of aromatic nitrogens is 3. The molecule has 1 aliphatic carbocycles. The number of nitrogens with zero attached hydrogens (tertiary/aromatic N) is 3. The van der Waals surface area contributed by atoms with Gasteiger partial charge in [0.05, 0.1) is 0 Å². The van der Waals surface area contributed by atoms with Crippen LogP contribution < -0.4 is 5.32 Å². The Balaban J connectivity index is 1.42. The zero-order valence-corrected chi connectivity index (χ0v) is 12.3. The maximum Gasteiger partial charge on any atom is 0.293 e. The van der Waals surface area contributed by atoms with Gasteiger partial charge in [0.2, 0.25) is 5.82 Å². The van der Waals surface area contributed by atoms with Gasteiger partial charge in [-0.3, -0.25) is 9.89 Å². The van der Waals surface area contributed by atoms with Crippen LogP contribution in [0.1, 0.15) is 60.9 Å². The number of hydrogen-bond acceptors (Lipinski definition) is 4. The maximum atomic E-state index is 12.6. The summed E-state index contributed by atoms with van der Waals surface area (Å²) < 4.78 is 0. The lowest BCUT2D eigenvalue weighted by Crippen LogP contribution is -2.46. The highest BCUT2D eigenvalue weighted by Gasteiger charge is 2.33. The van der Waals surface area contributed by atoms with Gasteiger partial charge in [-0.05, 0) is 51.0 Å². The summed E-state index contributed by atoms with van der Waals surface area (Å²) in [4.78, 5) is 18.9. The molecule has 4 rings (SSSR count). The molecule has 0 radical (unpaired) electrons. The van der Waals surface area contributed by atoms with E-state index in [9.17, 15) is 4.79 Å². The van der Waals surface area contributed by atoms with E-state index in [-0.39, 0.29) is 5.91 Å². The van der Waals surface area contributed by atoms with E-state index in [2.05, 4.69) is 20.5 Å². The number of likely N-dealkylation sites (tertiary alicyclic amines) is 1. The van der Waals surface area contributed by atoms with Crippen LogP contribution in [0.5, 0.6) is 0 Å². The van der Waals surface area contributed by atoms with Crippen molar-refractivity contribution >= 4 is 5.91 Å². The minimum absolute atomic E-state index is 0.000784. The maximum absolute atomic E-state index is 12.6. The van der Waals surface area contributed by atoms with E-state index in [0.29, 0.717) is 23.7 Å². The number of hydrogen-bond donors (Lipinski definition) is 2. The Labute approximate surface area is 124 Å². The molecule has 1 aromatic rings. The minimum Gasteiger partial charge on any atom is -0.336 e. The molecule has 1 aromatic heterocycles. The number of carbonyl (C=O) groups excluding carboxylic acids is 1. The van der Waals surface area contributed by atoms with E-state index < -0.39 is 0 Å². The van der Waals surface area contributed by atoms with Crippen molar-refractivity contribution in [2.75, 3.05) is 19.6 Å². The van der Waals surface area contributed by atoms with E-state index in [1.807, 2.05) is 4.90 Å². The van der Waals surface area contributed by atoms with Crippen molar-refractivity contribution in [2.45, 2.75) is 50.5 Å². The molecule has 2 atom stereocenters. The van der Waals surface area contributed by atoms with E-state index >= 15 is 0 Å². The number of carbonyl (C=O) groups is 1. The molecule has 2 saturated heterocycles. The minimum atomic E-state index is 0.000784. The summed E-state index contributed by atoms with van der Waals surface area (Å²) in [5.74, 6) is 2.35. The Morgan fingerprint density at radius 2 is 2.10 bits per heavy atom. The van der Waals surface area contributed by atoms with Crippen LogP contribution in [0, 0.1) is 5.92 Å². The van der Waals surface area contributed by atoms with Gasteiger partial charge in [-0.2, -0.15) is 0 Å². The third kappa shape index (κ3) is 2.69. The smallest absolute Gasteiger partial charge is 0.293 e. The number of amides is 1. The predicted octanol–water partition coefficient (Wildman–Crippen LogP) is 1.29. The summed E-state index contributed by atoms with van der Waals surface area (Å²) >= 11 is 0. The molecule has 0 aromatic carbocycles. The first-order chi connectivity index (χ1) is 10.3. The summed E-state index contributed by atoms with van der Waals surface area (Å²) in [5, 5.41) is 10.6. The Morgan fingerprint density at radius 1 is 1.19 bits per heavy atom. The highest BCUT2D eigenvalue weighted by Crippen LogP contribution is 2.37. The van der Waals surface area contributed by atoms with Crippen molar-refractivity contribution < 1.29 is 4.79 Å². The van der Waals surface area contributed by atoms with Gasteiger partial charge in [-0.25, -0.2) is 4.98 Å². The van der Waals surface area contributed by atoms with Crippen LogP contribution in [0.3, 0.4) is 0 Å². The zero-order chi connectivity index (χ0) is 14.2. The quantitative estimate of drug-likeness (QED) is 0.879. The molecule has 6 nitrogen and oxygen atoms in total. The van der Waals surface area contributed by atoms with E-state index in [1.165, 1.54) is 32.1 Å². The van der Waals surface area contributed by atoms with Crippen LogP contribution in [-0.2, 0) is 0 Å². The number of aromatic amines is 1. The molecule has 0 bridgehead atoms. The molecule has 1 saturated carbocycles. The third-order valence-electron chi connectivity index (χ3n) is 5.07. The number of nitrogens with one attached hydrogen (secondary N) is 2. The van der Waals surface area contributed by atoms with Gasteiger partial charge < -0.3 is 10.2 Å². The largest absolute Gasteiger partial charge is 0.336 e. The fourth-order valence-electron chi connectivity index (χ4n) is 3.69. The Morgan fingerprint density at radius 3 is 2.86 bits per heavy atom. The molecule has 21 heavy (non-hydrogen) atoms. The molecular formula is C15H23N5O. The summed E-state index contributed by atoms with van der Waals surface area (Å²) in [7, 11) is 0. The molecule has 2 aliphatic heterocycles. The predicted molar refractivity (Wildman–Crippen MR) is 78.0 cm³/mol. The van der Waals surface area contributed by atoms with Crippen molar-refractivity contribution in [3.8, 4) is 0 Å². The van der Waals surface area contributed by atoms with Crippen LogP contribution in [-0.4, -0.2) is 51.7 Å². The first-order valence-corrected chi connectivity index (χ1v) is 8.26. The highest BCUT2D eigenvalue weighted by atomic mass is 16.2. The van der Waals surface area contributed by atoms with Crippen molar-refractivity contribution in [3.05, 3.63) is 11.6 Å². The second-order valence-electron chi connectivity index (χ2n) is 6.67. The highest BCUT2D eigenvalue weighted by molar-refractivity contribution is 5.90. The van der Waals surface area contributed by atoms with Crippen molar-refractivity contribution in [1.29, 1.82) is 0 Å². The molecule has 3 heterocycles. The van der Waals surface area contributed by atoms with Crippen molar-refractivity contribution in [3.63, 3.8) is 0 Å². The Kier molecular flexibility index (Phi) is 3.41. The molecule has 3 fully saturated rings. The lowest BCUT2D eigenvalue weighted by molar-refractivity contribution is 0.0639. The topological polar surface area (TPSA) is 73.9 Å². The molecular weight excluding hydrogens is 266 g/mol. The molecule has 3 aliphatic rings. The summed E-state index contributed by atoms with van der Waals surface area (Å²) in [6.45, 7) is 2.82. The molecule has 6 heteroatoms. The summed E-state index contributed by atoms with van der Waals surface area (Å²) in [5.41, 5.74) is 0. The van der Waals surface area contributed by atoms with Crippen LogP contribution in [0.2, 0.25) is 0 Å². The third-order valence-corrected chi connectivity index (χ3v) is 5.07. The normalized spacial score (nSPS) is 29.8. The Bertz CT molecular complexity index is 518. The van der Waals surface area contributed by atoms with Gasteiger partial charge in [-0.15, -0.1) is 5.10 Å². The monoisotopic (exact) mass is 289 g/mol.